The van der Waals surface area contributed by atoms with E-state index in [0.29, 0.717) is 0 Å². The monoisotopic (exact) mass is 337 g/mol. The number of aryl methyl sites for hydroxylation is 2. The SMILES string of the molecule is [CH2]CCCCCc1cccc(OCCCCCCc2ccccc2)c1. The first-order chi connectivity index (χ1) is 12.4. The maximum atomic E-state index is 5.93. The highest BCUT2D eigenvalue weighted by Crippen LogP contribution is 2.16. The van der Waals surface area contributed by atoms with Crippen LogP contribution in [0.25, 0.3) is 0 Å². The average Bonchev–Trinajstić information content (AvgIpc) is 2.66. The summed E-state index contributed by atoms with van der Waals surface area (Å²) in [6, 6.07) is 19.4. The topological polar surface area (TPSA) is 9.23 Å². The van der Waals surface area contributed by atoms with Crippen molar-refractivity contribution in [3.8, 4) is 5.75 Å². The van der Waals surface area contributed by atoms with Crippen LogP contribution in [-0.2, 0) is 12.8 Å². The van der Waals surface area contributed by atoms with Crippen molar-refractivity contribution in [2.24, 2.45) is 0 Å². The smallest absolute Gasteiger partial charge is 0.119 e. The summed E-state index contributed by atoms with van der Waals surface area (Å²) in [7, 11) is 0. The fourth-order valence-corrected chi connectivity index (χ4v) is 3.09. The highest BCUT2D eigenvalue weighted by Gasteiger charge is 1.99. The Hall–Kier alpha value is -1.76. The lowest BCUT2D eigenvalue weighted by Gasteiger charge is -2.08. The van der Waals surface area contributed by atoms with Gasteiger partial charge in [0.05, 0.1) is 6.61 Å². The van der Waals surface area contributed by atoms with E-state index in [1.54, 1.807) is 0 Å². The summed E-state index contributed by atoms with van der Waals surface area (Å²) in [5.41, 5.74) is 2.84. The lowest BCUT2D eigenvalue weighted by Crippen LogP contribution is -1.98. The van der Waals surface area contributed by atoms with Gasteiger partial charge < -0.3 is 4.74 Å². The van der Waals surface area contributed by atoms with E-state index < -0.39 is 0 Å². The Labute approximate surface area is 154 Å². The van der Waals surface area contributed by atoms with Gasteiger partial charge in [0.2, 0.25) is 0 Å². The number of rotatable bonds is 13. The quantitative estimate of drug-likeness (QED) is 0.365. The van der Waals surface area contributed by atoms with Crippen LogP contribution in [0, 0.1) is 6.92 Å². The molecule has 0 aromatic heterocycles. The second-order valence-corrected chi connectivity index (χ2v) is 6.81. The molecule has 1 nitrogen and oxygen atoms in total. The zero-order valence-electron chi connectivity index (χ0n) is 15.6. The maximum Gasteiger partial charge on any atom is 0.119 e. The Morgan fingerprint density at radius 3 is 2.12 bits per heavy atom. The number of benzene rings is 2. The van der Waals surface area contributed by atoms with E-state index in [0.717, 1.165) is 31.6 Å². The molecule has 0 heterocycles. The molecular weight excluding hydrogens is 304 g/mol. The first-order valence-electron chi connectivity index (χ1n) is 9.93. The Morgan fingerprint density at radius 1 is 0.640 bits per heavy atom. The third kappa shape index (κ3) is 8.77. The Bertz CT molecular complexity index is 561. The third-order valence-electron chi connectivity index (χ3n) is 4.59. The standard InChI is InChI=1S/C24H33O/c1-2-3-4-8-17-23-18-13-19-24(21-23)25-20-12-6-5-9-14-22-15-10-7-11-16-22/h7,10-11,13,15-16,18-19,21H,1-6,8-9,12,14,17,20H2. The average molecular weight is 338 g/mol. The summed E-state index contributed by atoms with van der Waals surface area (Å²) in [5, 5.41) is 0. The van der Waals surface area contributed by atoms with Crippen molar-refractivity contribution in [2.45, 2.75) is 64.2 Å². The van der Waals surface area contributed by atoms with Gasteiger partial charge in [0.1, 0.15) is 5.75 Å². The third-order valence-corrected chi connectivity index (χ3v) is 4.59. The first-order valence-corrected chi connectivity index (χ1v) is 9.93. The van der Waals surface area contributed by atoms with Gasteiger partial charge in [-0.3, -0.25) is 0 Å². The number of hydrogen-bond donors (Lipinski definition) is 0. The Morgan fingerprint density at radius 2 is 1.32 bits per heavy atom. The maximum absolute atomic E-state index is 5.93. The molecular formula is C24H33O. The summed E-state index contributed by atoms with van der Waals surface area (Å²) >= 11 is 0. The van der Waals surface area contributed by atoms with Crippen molar-refractivity contribution in [1.82, 2.24) is 0 Å². The molecule has 0 aliphatic heterocycles. The van der Waals surface area contributed by atoms with Crippen molar-refractivity contribution in [3.05, 3.63) is 72.6 Å². The Balaban J connectivity index is 1.54. The Kier molecular flexibility index (Phi) is 9.84. The van der Waals surface area contributed by atoms with Crippen LogP contribution in [0.1, 0.15) is 62.5 Å². The van der Waals surface area contributed by atoms with Gasteiger partial charge in [0, 0.05) is 0 Å². The number of hydrogen-bond acceptors (Lipinski definition) is 1. The van der Waals surface area contributed by atoms with Gasteiger partial charge >= 0.3 is 0 Å². The fraction of sp³-hybridized carbons (Fsp3) is 0.458. The zero-order chi connectivity index (χ0) is 17.6. The van der Waals surface area contributed by atoms with E-state index in [1.165, 1.54) is 56.1 Å². The lowest BCUT2D eigenvalue weighted by atomic mass is 10.1. The van der Waals surface area contributed by atoms with E-state index >= 15 is 0 Å². The van der Waals surface area contributed by atoms with Gasteiger partial charge in [0.15, 0.2) is 0 Å². The minimum atomic E-state index is 0.830. The van der Waals surface area contributed by atoms with Crippen molar-refractivity contribution < 1.29 is 4.74 Å². The molecule has 0 saturated carbocycles. The molecule has 2 aromatic carbocycles. The van der Waals surface area contributed by atoms with Crippen molar-refractivity contribution >= 4 is 0 Å². The van der Waals surface area contributed by atoms with Crippen LogP contribution in [-0.4, -0.2) is 6.61 Å². The minimum Gasteiger partial charge on any atom is -0.494 e. The summed E-state index contributed by atoms with van der Waals surface area (Å²) in [4.78, 5) is 0. The summed E-state index contributed by atoms with van der Waals surface area (Å²) in [5.74, 6) is 1.03. The molecule has 25 heavy (non-hydrogen) atoms. The van der Waals surface area contributed by atoms with E-state index in [4.69, 9.17) is 4.74 Å². The van der Waals surface area contributed by atoms with E-state index in [2.05, 4.69) is 61.5 Å². The molecule has 0 aliphatic rings. The molecule has 0 N–H and O–H groups in total. The highest BCUT2D eigenvalue weighted by molar-refractivity contribution is 5.28. The number of unbranched alkanes of at least 4 members (excludes halogenated alkanes) is 6. The van der Waals surface area contributed by atoms with Crippen LogP contribution in [0.4, 0.5) is 0 Å². The fourth-order valence-electron chi connectivity index (χ4n) is 3.09. The lowest BCUT2D eigenvalue weighted by molar-refractivity contribution is 0.304. The van der Waals surface area contributed by atoms with Crippen LogP contribution in [0.15, 0.2) is 54.6 Å². The van der Waals surface area contributed by atoms with Crippen LogP contribution in [0.5, 0.6) is 5.75 Å². The van der Waals surface area contributed by atoms with Crippen LogP contribution in [0.2, 0.25) is 0 Å². The minimum absolute atomic E-state index is 0.830. The van der Waals surface area contributed by atoms with Crippen molar-refractivity contribution in [2.75, 3.05) is 6.61 Å². The van der Waals surface area contributed by atoms with Gasteiger partial charge in [0.25, 0.3) is 0 Å². The molecule has 2 rings (SSSR count). The van der Waals surface area contributed by atoms with Crippen molar-refractivity contribution in [3.63, 3.8) is 0 Å². The molecule has 0 aliphatic carbocycles. The molecule has 0 amide bonds. The van der Waals surface area contributed by atoms with E-state index in [9.17, 15) is 0 Å². The molecule has 1 radical (unpaired) electrons. The van der Waals surface area contributed by atoms with E-state index in [1.807, 2.05) is 0 Å². The van der Waals surface area contributed by atoms with Gasteiger partial charge in [-0.25, -0.2) is 0 Å². The second kappa shape index (κ2) is 12.6. The summed E-state index contributed by atoms with van der Waals surface area (Å²) < 4.78 is 5.93. The normalized spacial score (nSPS) is 10.8. The second-order valence-electron chi connectivity index (χ2n) is 6.81. The van der Waals surface area contributed by atoms with Crippen LogP contribution < -0.4 is 4.74 Å². The largest absolute Gasteiger partial charge is 0.494 e. The zero-order valence-corrected chi connectivity index (χ0v) is 15.6. The molecule has 135 valence electrons. The van der Waals surface area contributed by atoms with Crippen molar-refractivity contribution in [1.29, 1.82) is 0 Å². The van der Waals surface area contributed by atoms with Gasteiger partial charge in [-0.05, 0) is 55.4 Å². The first kappa shape index (κ1) is 19.6. The summed E-state index contributed by atoms with van der Waals surface area (Å²) in [6.07, 6.45) is 12.1. The molecule has 0 bridgehead atoms. The van der Waals surface area contributed by atoms with Gasteiger partial charge in [-0.15, -0.1) is 0 Å². The van der Waals surface area contributed by atoms with Gasteiger partial charge in [-0.2, -0.15) is 0 Å². The number of ether oxygens (including phenoxy) is 1. The molecule has 0 spiro atoms. The molecule has 1 heteroatoms. The molecule has 0 fully saturated rings. The molecule has 2 aromatic rings. The highest BCUT2D eigenvalue weighted by atomic mass is 16.5. The molecule has 0 atom stereocenters. The van der Waals surface area contributed by atoms with Crippen LogP contribution >= 0.6 is 0 Å². The predicted molar refractivity (Wildman–Crippen MR) is 108 cm³/mol. The van der Waals surface area contributed by atoms with E-state index in [-0.39, 0.29) is 0 Å². The van der Waals surface area contributed by atoms with Gasteiger partial charge in [-0.1, -0.05) is 81.5 Å². The summed E-state index contributed by atoms with van der Waals surface area (Å²) in [6.45, 7) is 4.73. The van der Waals surface area contributed by atoms with Crippen LogP contribution in [0.3, 0.4) is 0 Å². The molecule has 0 unspecified atom stereocenters. The molecule has 0 saturated heterocycles. The predicted octanol–water partition coefficient (Wildman–Crippen LogP) is 6.81.